The molecular formula is C18H21F3N2. The monoisotopic (exact) mass is 322 g/mol. The van der Waals surface area contributed by atoms with Crippen molar-refractivity contribution in [1.29, 1.82) is 0 Å². The summed E-state index contributed by atoms with van der Waals surface area (Å²) in [6.07, 6.45) is 1.07. The molecule has 1 fully saturated rings. The first-order chi connectivity index (χ1) is 10.9. The Labute approximate surface area is 134 Å². The molecule has 23 heavy (non-hydrogen) atoms. The largest absolute Gasteiger partial charge is 0.417 e. The molecule has 1 aromatic carbocycles. The third-order valence-corrected chi connectivity index (χ3v) is 4.54. The Morgan fingerprint density at radius 3 is 2.83 bits per heavy atom. The highest BCUT2D eigenvalue weighted by molar-refractivity contribution is 5.87. The minimum Gasteiger partial charge on any atom is -0.369 e. The first kappa shape index (κ1) is 16.0. The summed E-state index contributed by atoms with van der Waals surface area (Å²) in [5, 5.41) is 2.93. The highest BCUT2D eigenvalue weighted by atomic mass is 19.4. The SMILES string of the molecule is C=C1C=C(C(F)(F)F)c2cc(N3CCC[C@@H]3CCC)ccc2N1. The molecule has 0 saturated carbocycles. The van der Waals surface area contributed by atoms with E-state index in [1.807, 2.05) is 6.07 Å². The van der Waals surface area contributed by atoms with Gasteiger partial charge in [-0.1, -0.05) is 19.9 Å². The van der Waals surface area contributed by atoms with Gasteiger partial charge in [0, 0.05) is 35.2 Å². The smallest absolute Gasteiger partial charge is 0.369 e. The summed E-state index contributed by atoms with van der Waals surface area (Å²) >= 11 is 0. The van der Waals surface area contributed by atoms with Crippen molar-refractivity contribution in [3.8, 4) is 0 Å². The molecule has 2 nitrogen and oxygen atoms in total. The van der Waals surface area contributed by atoms with Gasteiger partial charge in [0.2, 0.25) is 0 Å². The highest BCUT2D eigenvalue weighted by Gasteiger charge is 2.38. The summed E-state index contributed by atoms with van der Waals surface area (Å²) < 4.78 is 40.0. The number of fused-ring (bicyclic) bond motifs is 1. The maximum Gasteiger partial charge on any atom is 0.417 e. The van der Waals surface area contributed by atoms with Crippen LogP contribution in [-0.2, 0) is 0 Å². The van der Waals surface area contributed by atoms with Gasteiger partial charge in [0.1, 0.15) is 0 Å². The lowest BCUT2D eigenvalue weighted by atomic mass is 9.97. The van der Waals surface area contributed by atoms with E-state index in [1.54, 1.807) is 12.1 Å². The van der Waals surface area contributed by atoms with Gasteiger partial charge >= 0.3 is 6.18 Å². The molecule has 2 aliphatic heterocycles. The van der Waals surface area contributed by atoms with Crippen molar-refractivity contribution < 1.29 is 13.2 Å². The molecule has 1 N–H and O–H groups in total. The Bertz CT molecular complexity index is 646. The highest BCUT2D eigenvalue weighted by Crippen LogP contribution is 2.43. The third-order valence-electron chi connectivity index (χ3n) is 4.54. The molecule has 1 saturated heterocycles. The molecule has 2 aliphatic rings. The topological polar surface area (TPSA) is 15.3 Å². The van der Waals surface area contributed by atoms with E-state index in [9.17, 15) is 13.2 Å². The van der Waals surface area contributed by atoms with Crippen molar-refractivity contribution in [3.05, 3.63) is 42.1 Å². The molecule has 0 spiro atoms. The van der Waals surface area contributed by atoms with Crippen LogP contribution in [0.5, 0.6) is 0 Å². The molecule has 5 heteroatoms. The molecule has 0 aromatic heterocycles. The molecule has 1 aromatic rings. The fourth-order valence-corrected chi connectivity index (χ4v) is 3.55. The molecule has 0 amide bonds. The van der Waals surface area contributed by atoms with Crippen LogP contribution in [0, 0.1) is 0 Å². The molecule has 2 heterocycles. The Morgan fingerprint density at radius 1 is 1.35 bits per heavy atom. The average molecular weight is 322 g/mol. The maximum absolute atomic E-state index is 13.3. The molecule has 0 radical (unpaired) electrons. The normalized spacial score (nSPS) is 21.0. The van der Waals surface area contributed by atoms with E-state index in [4.69, 9.17) is 0 Å². The fraction of sp³-hybridized carbons (Fsp3) is 0.444. The lowest BCUT2D eigenvalue weighted by Gasteiger charge is -2.29. The summed E-state index contributed by atoms with van der Waals surface area (Å²) in [5.41, 5.74) is 1.21. The first-order valence-electron chi connectivity index (χ1n) is 8.06. The number of nitrogens with zero attached hydrogens (tertiary/aromatic N) is 1. The van der Waals surface area contributed by atoms with Crippen molar-refractivity contribution in [2.24, 2.45) is 0 Å². The number of hydrogen-bond donors (Lipinski definition) is 1. The number of anilines is 2. The van der Waals surface area contributed by atoms with Crippen LogP contribution in [0.25, 0.3) is 5.57 Å². The van der Waals surface area contributed by atoms with Gasteiger partial charge in [-0.3, -0.25) is 0 Å². The lowest BCUT2D eigenvalue weighted by Crippen LogP contribution is -2.29. The van der Waals surface area contributed by atoms with Gasteiger partial charge in [0.05, 0.1) is 5.57 Å². The Morgan fingerprint density at radius 2 is 2.13 bits per heavy atom. The van der Waals surface area contributed by atoms with Gasteiger partial charge in [-0.05, 0) is 43.5 Å². The van der Waals surface area contributed by atoms with E-state index >= 15 is 0 Å². The number of rotatable bonds is 3. The van der Waals surface area contributed by atoms with Gasteiger partial charge < -0.3 is 10.2 Å². The van der Waals surface area contributed by atoms with Crippen LogP contribution in [0.2, 0.25) is 0 Å². The van der Waals surface area contributed by atoms with Crippen molar-refractivity contribution in [2.45, 2.75) is 44.8 Å². The second-order valence-corrected chi connectivity index (χ2v) is 6.21. The van der Waals surface area contributed by atoms with Crippen molar-refractivity contribution in [2.75, 3.05) is 16.8 Å². The zero-order valence-electron chi connectivity index (χ0n) is 13.2. The summed E-state index contributed by atoms with van der Waals surface area (Å²) in [5.74, 6) is 0. The van der Waals surface area contributed by atoms with Gasteiger partial charge in [0.25, 0.3) is 0 Å². The Kier molecular flexibility index (Phi) is 4.13. The van der Waals surface area contributed by atoms with Crippen LogP contribution >= 0.6 is 0 Å². The number of nitrogens with one attached hydrogen (secondary N) is 1. The van der Waals surface area contributed by atoms with E-state index in [2.05, 4.69) is 23.7 Å². The zero-order valence-corrected chi connectivity index (χ0v) is 13.2. The summed E-state index contributed by atoms with van der Waals surface area (Å²) in [6.45, 7) is 6.67. The van der Waals surface area contributed by atoms with E-state index in [0.29, 0.717) is 11.7 Å². The van der Waals surface area contributed by atoms with Gasteiger partial charge in [-0.2, -0.15) is 13.2 Å². The van der Waals surface area contributed by atoms with E-state index in [0.717, 1.165) is 44.0 Å². The molecule has 0 bridgehead atoms. The maximum atomic E-state index is 13.3. The molecule has 3 rings (SSSR count). The summed E-state index contributed by atoms with van der Waals surface area (Å²) in [7, 11) is 0. The van der Waals surface area contributed by atoms with Crippen molar-refractivity contribution >= 4 is 16.9 Å². The van der Waals surface area contributed by atoms with Crippen LogP contribution in [0.15, 0.2) is 36.6 Å². The third kappa shape index (κ3) is 3.09. The predicted octanol–water partition coefficient (Wildman–Crippen LogP) is 5.34. The van der Waals surface area contributed by atoms with Crippen LogP contribution in [0.4, 0.5) is 24.5 Å². The van der Waals surface area contributed by atoms with Crippen molar-refractivity contribution in [1.82, 2.24) is 0 Å². The Hall–Kier alpha value is -1.91. The number of hydrogen-bond acceptors (Lipinski definition) is 2. The van der Waals surface area contributed by atoms with Gasteiger partial charge in [-0.15, -0.1) is 0 Å². The molecule has 0 aliphatic carbocycles. The molecule has 1 atom stereocenters. The van der Waals surface area contributed by atoms with Crippen LogP contribution < -0.4 is 10.2 Å². The standard InChI is InChI=1S/C18H21F3N2/c1-3-5-13-6-4-9-23(13)14-7-8-17-15(11-14)16(18(19,20)21)10-12(2)22-17/h7-8,10-11,13,22H,2-6,9H2,1H3/t13-/m0/s1. The number of alkyl halides is 3. The van der Waals surface area contributed by atoms with Crippen LogP contribution in [-0.4, -0.2) is 18.8 Å². The summed E-state index contributed by atoms with van der Waals surface area (Å²) in [6, 6.07) is 5.74. The first-order valence-corrected chi connectivity index (χ1v) is 8.06. The second-order valence-electron chi connectivity index (χ2n) is 6.21. The minimum absolute atomic E-state index is 0.213. The van der Waals surface area contributed by atoms with Gasteiger partial charge in [0.15, 0.2) is 0 Å². The quantitative estimate of drug-likeness (QED) is 0.808. The number of halogens is 3. The van der Waals surface area contributed by atoms with Crippen LogP contribution in [0.3, 0.4) is 0 Å². The van der Waals surface area contributed by atoms with Crippen LogP contribution in [0.1, 0.15) is 38.2 Å². The van der Waals surface area contributed by atoms with E-state index < -0.39 is 11.7 Å². The minimum atomic E-state index is -4.38. The van der Waals surface area contributed by atoms with E-state index in [-0.39, 0.29) is 11.3 Å². The van der Waals surface area contributed by atoms with Crippen molar-refractivity contribution in [3.63, 3.8) is 0 Å². The average Bonchev–Trinajstić information content (AvgIpc) is 2.93. The van der Waals surface area contributed by atoms with Gasteiger partial charge in [-0.25, -0.2) is 0 Å². The Balaban J connectivity index is 1.99. The fourth-order valence-electron chi connectivity index (χ4n) is 3.55. The zero-order chi connectivity index (χ0) is 16.6. The molecule has 124 valence electrons. The summed E-state index contributed by atoms with van der Waals surface area (Å²) in [4.78, 5) is 2.25. The molecule has 0 unspecified atom stereocenters. The lowest BCUT2D eigenvalue weighted by molar-refractivity contribution is -0.0689. The number of allylic oxidation sites excluding steroid dienone is 2. The number of benzene rings is 1. The molecular weight excluding hydrogens is 301 g/mol. The van der Waals surface area contributed by atoms with E-state index in [1.165, 1.54) is 0 Å². The second kappa shape index (κ2) is 5.95. The predicted molar refractivity (Wildman–Crippen MR) is 88.5 cm³/mol.